The van der Waals surface area contributed by atoms with E-state index in [1.54, 1.807) is 12.1 Å². The number of benzene rings is 1. The lowest BCUT2D eigenvalue weighted by atomic mass is 10.1. The zero-order chi connectivity index (χ0) is 14.4. The Morgan fingerprint density at radius 2 is 1.75 bits per heavy atom. The zero-order valence-corrected chi connectivity index (χ0v) is 12.9. The second-order valence-corrected chi connectivity index (χ2v) is 7.02. The van der Waals surface area contributed by atoms with E-state index >= 15 is 0 Å². The van der Waals surface area contributed by atoms with Crippen molar-refractivity contribution < 1.29 is 8.42 Å². The van der Waals surface area contributed by atoms with Gasteiger partial charge in [-0.15, -0.1) is 0 Å². The monoisotopic (exact) mass is 296 g/mol. The van der Waals surface area contributed by atoms with Gasteiger partial charge in [-0.05, 0) is 31.9 Å². The van der Waals surface area contributed by atoms with Crippen LogP contribution >= 0.6 is 0 Å². The van der Waals surface area contributed by atoms with Gasteiger partial charge in [-0.25, -0.2) is 13.1 Å². The number of hydrogen-bond acceptors (Lipinski definition) is 3. The third kappa shape index (κ3) is 3.96. The first-order valence-electron chi connectivity index (χ1n) is 7.48. The normalized spacial score (nSPS) is 17.6. The van der Waals surface area contributed by atoms with Crippen LogP contribution in [0.25, 0.3) is 0 Å². The predicted molar refractivity (Wildman–Crippen MR) is 82.4 cm³/mol. The van der Waals surface area contributed by atoms with Gasteiger partial charge in [0.05, 0.1) is 5.69 Å². The molecule has 0 aliphatic heterocycles. The molecule has 0 heterocycles. The maximum atomic E-state index is 12.6. The predicted octanol–water partition coefficient (Wildman–Crippen LogP) is 3.12. The SMILES string of the molecule is CCNc1ccccc1S(=O)(=O)NC1CCCCCC1. The summed E-state index contributed by atoms with van der Waals surface area (Å²) in [6, 6.07) is 7.17. The fourth-order valence-electron chi connectivity index (χ4n) is 2.72. The van der Waals surface area contributed by atoms with E-state index in [4.69, 9.17) is 0 Å². The molecule has 0 aromatic heterocycles. The largest absolute Gasteiger partial charge is 0.384 e. The first-order chi connectivity index (χ1) is 9.63. The highest BCUT2D eigenvalue weighted by atomic mass is 32.2. The topological polar surface area (TPSA) is 58.2 Å². The molecule has 1 fully saturated rings. The van der Waals surface area contributed by atoms with Crippen molar-refractivity contribution in [2.45, 2.75) is 56.4 Å². The van der Waals surface area contributed by atoms with Crippen molar-refractivity contribution in [2.75, 3.05) is 11.9 Å². The van der Waals surface area contributed by atoms with E-state index in [1.807, 2.05) is 19.1 Å². The number of sulfonamides is 1. The Kier molecular flexibility index (Phi) is 5.43. The van der Waals surface area contributed by atoms with Gasteiger partial charge in [0, 0.05) is 12.6 Å². The summed E-state index contributed by atoms with van der Waals surface area (Å²) >= 11 is 0. The molecule has 1 aromatic rings. The Balaban J connectivity index is 2.17. The van der Waals surface area contributed by atoms with Gasteiger partial charge in [-0.2, -0.15) is 0 Å². The Morgan fingerprint density at radius 1 is 1.10 bits per heavy atom. The van der Waals surface area contributed by atoms with Gasteiger partial charge in [-0.1, -0.05) is 37.8 Å². The van der Waals surface area contributed by atoms with Gasteiger partial charge in [0.25, 0.3) is 0 Å². The van der Waals surface area contributed by atoms with E-state index < -0.39 is 10.0 Å². The Labute approximate surface area is 122 Å². The summed E-state index contributed by atoms with van der Waals surface area (Å²) in [6.07, 6.45) is 6.55. The molecular formula is C15H24N2O2S. The molecule has 0 atom stereocenters. The number of para-hydroxylation sites is 1. The summed E-state index contributed by atoms with van der Waals surface area (Å²) in [5.74, 6) is 0. The molecule has 1 saturated carbocycles. The summed E-state index contributed by atoms with van der Waals surface area (Å²) in [4.78, 5) is 0.353. The van der Waals surface area contributed by atoms with E-state index in [-0.39, 0.29) is 6.04 Å². The van der Waals surface area contributed by atoms with Crippen molar-refractivity contribution in [3.63, 3.8) is 0 Å². The minimum Gasteiger partial charge on any atom is -0.384 e. The second-order valence-electron chi connectivity index (χ2n) is 5.34. The van der Waals surface area contributed by atoms with Crippen LogP contribution < -0.4 is 10.0 Å². The average molecular weight is 296 g/mol. The molecule has 4 nitrogen and oxygen atoms in total. The highest BCUT2D eigenvalue weighted by Gasteiger charge is 2.23. The molecule has 0 amide bonds. The van der Waals surface area contributed by atoms with Crippen molar-refractivity contribution in [3.05, 3.63) is 24.3 Å². The van der Waals surface area contributed by atoms with Crippen LogP contribution in [-0.2, 0) is 10.0 Å². The van der Waals surface area contributed by atoms with Crippen LogP contribution in [0.3, 0.4) is 0 Å². The summed E-state index contributed by atoms with van der Waals surface area (Å²) < 4.78 is 28.0. The Hall–Kier alpha value is -1.07. The van der Waals surface area contributed by atoms with Crippen molar-refractivity contribution in [1.29, 1.82) is 0 Å². The lowest BCUT2D eigenvalue weighted by Crippen LogP contribution is -2.34. The molecule has 1 aromatic carbocycles. The van der Waals surface area contributed by atoms with Crippen LogP contribution in [0.1, 0.15) is 45.4 Å². The maximum Gasteiger partial charge on any atom is 0.242 e. The van der Waals surface area contributed by atoms with Crippen molar-refractivity contribution in [2.24, 2.45) is 0 Å². The molecule has 1 aliphatic rings. The Bertz CT molecular complexity index is 520. The molecule has 20 heavy (non-hydrogen) atoms. The number of rotatable bonds is 5. The van der Waals surface area contributed by atoms with Crippen molar-refractivity contribution in [1.82, 2.24) is 4.72 Å². The summed E-state index contributed by atoms with van der Waals surface area (Å²) in [7, 11) is -3.44. The molecule has 0 spiro atoms. The van der Waals surface area contributed by atoms with Crippen molar-refractivity contribution in [3.8, 4) is 0 Å². The fraction of sp³-hybridized carbons (Fsp3) is 0.600. The van der Waals surface area contributed by atoms with Gasteiger partial charge in [0.15, 0.2) is 0 Å². The number of hydrogen-bond donors (Lipinski definition) is 2. The van der Waals surface area contributed by atoms with Crippen LogP contribution in [0.15, 0.2) is 29.2 Å². The lowest BCUT2D eigenvalue weighted by molar-refractivity contribution is 0.510. The molecule has 0 bridgehead atoms. The van der Waals surface area contributed by atoms with E-state index in [1.165, 1.54) is 12.8 Å². The van der Waals surface area contributed by atoms with E-state index in [9.17, 15) is 8.42 Å². The zero-order valence-electron chi connectivity index (χ0n) is 12.1. The molecule has 2 rings (SSSR count). The fourth-order valence-corrected chi connectivity index (χ4v) is 4.21. The van der Waals surface area contributed by atoms with E-state index in [2.05, 4.69) is 10.0 Å². The van der Waals surface area contributed by atoms with Crippen molar-refractivity contribution >= 4 is 15.7 Å². The van der Waals surface area contributed by atoms with Gasteiger partial charge >= 0.3 is 0 Å². The van der Waals surface area contributed by atoms with E-state index in [0.717, 1.165) is 25.7 Å². The van der Waals surface area contributed by atoms with E-state index in [0.29, 0.717) is 17.1 Å². The van der Waals surface area contributed by atoms with Crippen LogP contribution in [-0.4, -0.2) is 21.0 Å². The quantitative estimate of drug-likeness (QED) is 0.821. The molecule has 112 valence electrons. The summed E-state index contributed by atoms with van der Waals surface area (Å²) in [5.41, 5.74) is 0.677. The molecule has 2 N–H and O–H groups in total. The summed E-state index contributed by atoms with van der Waals surface area (Å²) in [6.45, 7) is 2.66. The van der Waals surface area contributed by atoms with Gasteiger partial charge in [-0.3, -0.25) is 0 Å². The minimum absolute atomic E-state index is 0.0807. The molecule has 0 saturated heterocycles. The van der Waals surface area contributed by atoms with Crippen LogP contribution in [0, 0.1) is 0 Å². The molecule has 0 unspecified atom stereocenters. The van der Waals surface area contributed by atoms with Crippen LogP contribution in [0.5, 0.6) is 0 Å². The minimum atomic E-state index is -3.44. The Morgan fingerprint density at radius 3 is 2.40 bits per heavy atom. The third-order valence-corrected chi connectivity index (χ3v) is 5.30. The molecule has 5 heteroatoms. The molecule has 0 radical (unpaired) electrons. The second kappa shape index (κ2) is 7.09. The van der Waals surface area contributed by atoms with Gasteiger partial charge in [0.1, 0.15) is 4.90 Å². The first-order valence-corrected chi connectivity index (χ1v) is 8.97. The standard InChI is InChI=1S/C15H24N2O2S/c1-2-16-14-11-7-8-12-15(14)20(18,19)17-13-9-5-3-4-6-10-13/h7-8,11-13,16-17H,2-6,9-10H2,1H3. The highest BCUT2D eigenvalue weighted by molar-refractivity contribution is 7.89. The third-order valence-electron chi connectivity index (χ3n) is 3.72. The summed E-state index contributed by atoms with van der Waals surface area (Å²) in [5, 5.41) is 3.11. The first kappa shape index (κ1) is 15.3. The van der Waals surface area contributed by atoms with Crippen LogP contribution in [0.4, 0.5) is 5.69 Å². The average Bonchev–Trinajstić information content (AvgIpc) is 2.68. The number of nitrogens with one attached hydrogen (secondary N) is 2. The van der Waals surface area contributed by atoms with Crippen LogP contribution in [0.2, 0.25) is 0 Å². The van der Waals surface area contributed by atoms with Gasteiger partial charge in [0.2, 0.25) is 10.0 Å². The molecule has 1 aliphatic carbocycles. The maximum absolute atomic E-state index is 12.6. The lowest BCUT2D eigenvalue weighted by Gasteiger charge is -2.18. The smallest absolute Gasteiger partial charge is 0.242 e. The van der Waals surface area contributed by atoms with Gasteiger partial charge < -0.3 is 5.32 Å². The highest BCUT2D eigenvalue weighted by Crippen LogP contribution is 2.23. The number of anilines is 1. The molecular weight excluding hydrogens is 272 g/mol.